The molecule has 0 fully saturated rings. The molecule has 0 heterocycles. The van der Waals surface area contributed by atoms with E-state index in [2.05, 4.69) is 4.74 Å². The van der Waals surface area contributed by atoms with E-state index in [0.717, 1.165) is 11.3 Å². The molecule has 1 rings (SSSR count). The average Bonchev–Trinajstić information content (AvgIpc) is 2.29. The Morgan fingerprint density at radius 3 is 2.50 bits per heavy atom. The molecule has 2 N–H and O–H groups in total. The van der Waals surface area contributed by atoms with Gasteiger partial charge in [0.25, 0.3) is 0 Å². The maximum atomic E-state index is 10.8. The van der Waals surface area contributed by atoms with Gasteiger partial charge in [-0.25, -0.2) is 0 Å². The summed E-state index contributed by atoms with van der Waals surface area (Å²) in [6.07, 6.45) is 0.255. The van der Waals surface area contributed by atoms with Crippen LogP contribution < -0.4 is 10.5 Å². The van der Waals surface area contributed by atoms with E-state index in [4.69, 9.17) is 10.5 Å². The van der Waals surface area contributed by atoms with Crippen LogP contribution in [0.25, 0.3) is 0 Å². The first-order valence-corrected chi connectivity index (χ1v) is 5.18. The van der Waals surface area contributed by atoms with Gasteiger partial charge in [0.15, 0.2) is 0 Å². The number of esters is 1. The predicted octanol–water partition coefficient (Wildman–Crippen LogP) is 1.65. The minimum atomic E-state index is -0.271. The number of methoxy groups -OCH3 is 1. The van der Waals surface area contributed by atoms with Crippen LogP contribution in [-0.4, -0.2) is 19.7 Å². The van der Waals surface area contributed by atoms with Gasteiger partial charge in [-0.15, -0.1) is 0 Å². The fourth-order valence-corrected chi connectivity index (χ4v) is 1.22. The highest BCUT2D eigenvalue weighted by atomic mass is 16.5. The zero-order valence-electron chi connectivity index (χ0n) is 9.60. The van der Waals surface area contributed by atoms with Crippen molar-refractivity contribution in [1.82, 2.24) is 0 Å². The second-order valence-corrected chi connectivity index (χ2v) is 3.53. The lowest BCUT2D eigenvalue weighted by molar-refractivity contribution is -0.141. The summed E-state index contributed by atoms with van der Waals surface area (Å²) in [6.45, 7) is 2.25. The van der Waals surface area contributed by atoms with Gasteiger partial charge in [0.1, 0.15) is 5.75 Å². The van der Waals surface area contributed by atoms with Crippen molar-refractivity contribution >= 4 is 5.97 Å². The molecular weight excluding hydrogens is 206 g/mol. The van der Waals surface area contributed by atoms with Crippen LogP contribution in [0.2, 0.25) is 0 Å². The molecule has 0 aliphatic carbocycles. The normalized spacial score (nSPS) is 11.9. The molecule has 0 aromatic heterocycles. The lowest BCUT2D eigenvalue weighted by Crippen LogP contribution is -2.08. The summed E-state index contributed by atoms with van der Waals surface area (Å²) in [4.78, 5) is 10.8. The third-order valence-corrected chi connectivity index (χ3v) is 2.21. The highest BCUT2D eigenvalue weighted by Crippen LogP contribution is 2.16. The van der Waals surface area contributed by atoms with Crippen LogP contribution >= 0.6 is 0 Å². The molecule has 1 atom stereocenters. The Labute approximate surface area is 95.3 Å². The van der Waals surface area contributed by atoms with Crippen LogP contribution in [-0.2, 0) is 9.53 Å². The Bertz CT molecular complexity index is 333. The molecule has 88 valence electrons. The van der Waals surface area contributed by atoms with Crippen molar-refractivity contribution < 1.29 is 14.3 Å². The Balaban J connectivity index is 2.40. The Kier molecular flexibility index (Phi) is 4.79. The smallest absolute Gasteiger partial charge is 0.308 e. The maximum absolute atomic E-state index is 10.8. The van der Waals surface area contributed by atoms with E-state index in [1.165, 1.54) is 7.11 Å². The molecule has 4 heteroatoms. The fourth-order valence-electron chi connectivity index (χ4n) is 1.22. The van der Waals surface area contributed by atoms with E-state index < -0.39 is 0 Å². The number of carbonyl (C=O) groups excluding carboxylic acids is 1. The quantitative estimate of drug-likeness (QED) is 0.771. The minimum Gasteiger partial charge on any atom is -0.493 e. The van der Waals surface area contributed by atoms with Crippen molar-refractivity contribution in [3.63, 3.8) is 0 Å². The summed E-state index contributed by atoms with van der Waals surface area (Å²) in [5.74, 6) is 0.459. The maximum Gasteiger partial charge on any atom is 0.308 e. The second-order valence-electron chi connectivity index (χ2n) is 3.53. The van der Waals surface area contributed by atoms with Crippen LogP contribution in [0.3, 0.4) is 0 Å². The van der Waals surface area contributed by atoms with E-state index in [0.29, 0.717) is 6.61 Å². The lowest BCUT2D eigenvalue weighted by atomic mass is 10.1. The average molecular weight is 223 g/mol. The van der Waals surface area contributed by atoms with Crippen LogP contribution in [0.4, 0.5) is 0 Å². The summed E-state index contributed by atoms with van der Waals surface area (Å²) < 4.78 is 9.87. The summed E-state index contributed by atoms with van der Waals surface area (Å²) in [6, 6.07) is 7.53. The Hall–Kier alpha value is -1.55. The van der Waals surface area contributed by atoms with Gasteiger partial charge in [0.2, 0.25) is 0 Å². The van der Waals surface area contributed by atoms with E-state index in [-0.39, 0.29) is 18.4 Å². The topological polar surface area (TPSA) is 61.5 Å². The molecule has 0 aliphatic heterocycles. The third-order valence-electron chi connectivity index (χ3n) is 2.21. The first-order chi connectivity index (χ1) is 7.63. The van der Waals surface area contributed by atoms with Crippen molar-refractivity contribution in [2.45, 2.75) is 19.4 Å². The van der Waals surface area contributed by atoms with Gasteiger partial charge >= 0.3 is 5.97 Å². The highest BCUT2D eigenvalue weighted by molar-refractivity contribution is 5.69. The van der Waals surface area contributed by atoms with Crippen molar-refractivity contribution in [2.75, 3.05) is 13.7 Å². The number of hydrogen-bond acceptors (Lipinski definition) is 4. The SMILES string of the molecule is COC(=O)CCOc1ccc(C(C)N)cc1. The molecule has 0 spiro atoms. The zero-order chi connectivity index (χ0) is 12.0. The number of hydrogen-bond donors (Lipinski definition) is 1. The summed E-state index contributed by atoms with van der Waals surface area (Å²) in [5.41, 5.74) is 6.78. The number of rotatable bonds is 5. The van der Waals surface area contributed by atoms with Crippen LogP contribution in [0.1, 0.15) is 24.9 Å². The molecule has 0 amide bonds. The van der Waals surface area contributed by atoms with Crippen LogP contribution in [0.5, 0.6) is 5.75 Å². The molecule has 16 heavy (non-hydrogen) atoms. The van der Waals surface area contributed by atoms with Gasteiger partial charge in [-0.05, 0) is 24.6 Å². The zero-order valence-corrected chi connectivity index (χ0v) is 9.60. The molecule has 0 bridgehead atoms. The van der Waals surface area contributed by atoms with E-state index in [1.807, 2.05) is 31.2 Å². The van der Waals surface area contributed by atoms with Gasteiger partial charge in [0.05, 0.1) is 20.1 Å². The van der Waals surface area contributed by atoms with Gasteiger partial charge in [-0.3, -0.25) is 4.79 Å². The molecule has 0 radical (unpaired) electrons. The monoisotopic (exact) mass is 223 g/mol. The standard InChI is InChI=1S/C12H17NO3/c1-9(13)10-3-5-11(6-4-10)16-8-7-12(14)15-2/h3-6,9H,7-8,13H2,1-2H3. The third kappa shape index (κ3) is 3.90. The number of carbonyl (C=O) groups is 1. The molecule has 1 aromatic rings. The van der Waals surface area contributed by atoms with Gasteiger partial charge in [-0.1, -0.05) is 12.1 Å². The van der Waals surface area contributed by atoms with Crippen LogP contribution in [0.15, 0.2) is 24.3 Å². The molecule has 4 nitrogen and oxygen atoms in total. The number of nitrogens with two attached hydrogens (primary N) is 1. The van der Waals surface area contributed by atoms with Crippen molar-refractivity contribution in [3.8, 4) is 5.75 Å². The highest BCUT2D eigenvalue weighted by Gasteiger charge is 2.02. The van der Waals surface area contributed by atoms with Crippen molar-refractivity contribution in [1.29, 1.82) is 0 Å². The summed E-state index contributed by atoms with van der Waals surface area (Å²) in [7, 11) is 1.36. The second kappa shape index (κ2) is 6.12. The molecule has 1 aromatic carbocycles. The van der Waals surface area contributed by atoms with E-state index >= 15 is 0 Å². The van der Waals surface area contributed by atoms with Gasteiger partial charge in [-0.2, -0.15) is 0 Å². The first-order valence-electron chi connectivity index (χ1n) is 5.18. The first kappa shape index (κ1) is 12.5. The molecular formula is C12H17NO3. The van der Waals surface area contributed by atoms with E-state index in [9.17, 15) is 4.79 Å². The number of ether oxygens (including phenoxy) is 2. The lowest BCUT2D eigenvalue weighted by Gasteiger charge is -2.08. The Morgan fingerprint density at radius 2 is 2.00 bits per heavy atom. The van der Waals surface area contributed by atoms with E-state index in [1.54, 1.807) is 0 Å². The Morgan fingerprint density at radius 1 is 1.38 bits per heavy atom. The largest absolute Gasteiger partial charge is 0.493 e. The fraction of sp³-hybridized carbons (Fsp3) is 0.417. The minimum absolute atomic E-state index is 0.0177. The summed E-state index contributed by atoms with van der Waals surface area (Å²) in [5, 5.41) is 0. The van der Waals surface area contributed by atoms with Crippen molar-refractivity contribution in [3.05, 3.63) is 29.8 Å². The van der Waals surface area contributed by atoms with Crippen LogP contribution in [0, 0.1) is 0 Å². The molecule has 0 saturated carbocycles. The predicted molar refractivity (Wildman–Crippen MR) is 61.2 cm³/mol. The number of benzene rings is 1. The molecule has 0 saturated heterocycles. The molecule has 0 aliphatic rings. The molecule has 1 unspecified atom stereocenters. The van der Waals surface area contributed by atoms with Gasteiger partial charge in [0, 0.05) is 6.04 Å². The van der Waals surface area contributed by atoms with Crippen molar-refractivity contribution in [2.24, 2.45) is 5.73 Å². The summed E-state index contributed by atoms with van der Waals surface area (Å²) >= 11 is 0. The van der Waals surface area contributed by atoms with Gasteiger partial charge < -0.3 is 15.2 Å².